The Morgan fingerprint density at radius 2 is 2.00 bits per heavy atom. The molecule has 1 fully saturated rings. The summed E-state index contributed by atoms with van der Waals surface area (Å²) in [5.41, 5.74) is 6.67. The average Bonchev–Trinajstić information content (AvgIpc) is 2.89. The third kappa shape index (κ3) is 3.13. The number of methoxy groups -OCH3 is 1. The van der Waals surface area contributed by atoms with Crippen LogP contribution < -0.4 is 15.2 Å². The van der Waals surface area contributed by atoms with Crippen LogP contribution in [-0.4, -0.2) is 13.7 Å². The van der Waals surface area contributed by atoms with Crippen LogP contribution in [0.25, 0.3) is 0 Å². The van der Waals surface area contributed by atoms with Crippen molar-refractivity contribution in [1.82, 2.24) is 0 Å². The number of hydrogen-bond acceptors (Lipinski definition) is 3. The predicted molar refractivity (Wildman–Crippen MR) is 68.3 cm³/mol. The first-order valence-corrected chi connectivity index (χ1v) is 6.33. The van der Waals surface area contributed by atoms with Crippen LogP contribution in [-0.2, 0) is 6.54 Å². The average molecular weight is 235 g/mol. The molecule has 1 aliphatic rings. The van der Waals surface area contributed by atoms with Gasteiger partial charge >= 0.3 is 0 Å². The number of benzene rings is 1. The standard InChI is InChI=1S/C14H21NO2/c1-16-14-8-12(9-15)6-7-13(14)17-10-11-4-2-3-5-11/h6-8,11H,2-5,9-10,15H2,1H3. The lowest BCUT2D eigenvalue weighted by atomic mass is 10.1. The Morgan fingerprint density at radius 3 is 2.65 bits per heavy atom. The van der Waals surface area contributed by atoms with Gasteiger partial charge in [-0.05, 0) is 36.5 Å². The third-order valence-electron chi connectivity index (χ3n) is 3.41. The second-order valence-corrected chi connectivity index (χ2v) is 4.65. The summed E-state index contributed by atoms with van der Waals surface area (Å²) in [6.07, 6.45) is 5.28. The highest BCUT2D eigenvalue weighted by molar-refractivity contribution is 5.42. The smallest absolute Gasteiger partial charge is 0.161 e. The van der Waals surface area contributed by atoms with Gasteiger partial charge in [-0.1, -0.05) is 18.9 Å². The second kappa shape index (κ2) is 5.92. The first-order valence-electron chi connectivity index (χ1n) is 6.33. The topological polar surface area (TPSA) is 44.5 Å². The molecular formula is C14H21NO2. The van der Waals surface area contributed by atoms with Gasteiger partial charge in [0.05, 0.1) is 13.7 Å². The van der Waals surface area contributed by atoms with Gasteiger partial charge in [0.15, 0.2) is 11.5 Å². The molecular weight excluding hydrogens is 214 g/mol. The first-order chi connectivity index (χ1) is 8.33. The highest BCUT2D eigenvalue weighted by atomic mass is 16.5. The fourth-order valence-electron chi connectivity index (χ4n) is 2.34. The molecule has 0 saturated heterocycles. The summed E-state index contributed by atoms with van der Waals surface area (Å²) < 4.78 is 11.2. The zero-order valence-electron chi connectivity index (χ0n) is 10.4. The Balaban J connectivity index is 1.98. The second-order valence-electron chi connectivity index (χ2n) is 4.65. The minimum Gasteiger partial charge on any atom is -0.493 e. The molecule has 2 N–H and O–H groups in total. The van der Waals surface area contributed by atoms with E-state index in [-0.39, 0.29) is 0 Å². The molecule has 3 heteroatoms. The summed E-state index contributed by atoms with van der Waals surface area (Å²) in [6.45, 7) is 1.33. The van der Waals surface area contributed by atoms with Gasteiger partial charge in [0.2, 0.25) is 0 Å². The summed E-state index contributed by atoms with van der Waals surface area (Å²) >= 11 is 0. The molecule has 3 nitrogen and oxygen atoms in total. The van der Waals surface area contributed by atoms with Gasteiger partial charge in [0.1, 0.15) is 0 Å². The molecule has 0 spiro atoms. The monoisotopic (exact) mass is 235 g/mol. The van der Waals surface area contributed by atoms with Crippen molar-refractivity contribution in [3.63, 3.8) is 0 Å². The summed E-state index contributed by atoms with van der Waals surface area (Å²) in [7, 11) is 1.66. The molecule has 1 saturated carbocycles. The van der Waals surface area contributed by atoms with Gasteiger partial charge in [-0.15, -0.1) is 0 Å². The quantitative estimate of drug-likeness (QED) is 0.853. The molecule has 0 atom stereocenters. The van der Waals surface area contributed by atoms with Crippen LogP contribution in [0.1, 0.15) is 31.2 Å². The van der Waals surface area contributed by atoms with E-state index in [0.29, 0.717) is 12.5 Å². The van der Waals surface area contributed by atoms with Crippen molar-refractivity contribution in [3.05, 3.63) is 23.8 Å². The summed E-state index contributed by atoms with van der Waals surface area (Å²) in [4.78, 5) is 0. The SMILES string of the molecule is COc1cc(CN)ccc1OCC1CCCC1. The molecule has 1 aliphatic carbocycles. The van der Waals surface area contributed by atoms with Crippen LogP contribution in [0.2, 0.25) is 0 Å². The fraction of sp³-hybridized carbons (Fsp3) is 0.571. The highest BCUT2D eigenvalue weighted by Gasteiger charge is 2.16. The van der Waals surface area contributed by atoms with Crippen molar-refractivity contribution in [1.29, 1.82) is 0 Å². The van der Waals surface area contributed by atoms with E-state index < -0.39 is 0 Å². The fourth-order valence-corrected chi connectivity index (χ4v) is 2.34. The van der Waals surface area contributed by atoms with Crippen LogP contribution in [0.5, 0.6) is 11.5 Å². The Labute approximate surface area is 103 Å². The lowest BCUT2D eigenvalue weighted by Crippen LogP contribution is -2.09. The third-order valence-corrected chi connectivity index (χ3v) is 3.41. The first kappa shape index (κ1) is 12.2. The molecule has 0 radical (unpaired) electrons. The molecule has 0 bridgehead atoms. The van der Waals surface area contributed by atoms with Crippen LogP contribution in [0.15, 0.2) is 18.2 Å². The molecule has 94 valence electrons. The molecule has 0 unspecified atom stereocenters. The maximum absolute atomic E-state index is 5.85. The Hall–Kier alpha value is -1.22. The number of hydrogen-bond donors (Lipinski definition) is 1. The minimum atomic E-state index is 0.527. The zero-order valence-corrected chi connectivity index (χ0v) is 10.4. The van der Waals surface area contributed by atoms with Gasteiger partial charge in [-0.3, -0.25) is 0 Å². The largest absolute Gasteiger partial charge is 0.493 e. The maximum atomic E-state index is 5.85. The number of rotatable bonds is 5. The molecule has 0 heterocycles. The van der Waals surface area contributed by atoms with Crippen LogP contribution in [0.4, 0.5) is 0 Å². The Morgan fingerprint density at radius 1 is 1.24 bits per heavy atom. The van der Waals surface area contributed by atoms with Crippen molar-refractivity contribution in [3.8, 4) is 11.5 Å². The van der Waals surface area contributed by atoms with Gasteiger partial charge in [0, 0.05) is 6.54 Å². The predicted octanol–water partition coefficient (Wildman–Crippen LogP) is 2.72. The molecule has 1 aromatic rings. The van der Waals surface area contributed by atoms with Crippen LogP contribution in [0.3, 0.4) is 0 Å². The van der Waals surface area contributed by atoms with E-state index in [2.05, 4.69) is 0 Å². The van der Waals surface area contributed by atoms with E-state index in [1.54, 1.807) is 7.11 Å². The number of ether oxygens (including phenoxy) is 2. The molecule has 0 aromatic heterocycles. The Kier molecular flexibility index (Phi) is 4.26. The van der Waals surface area contributed by atoms with Crippen LogP contribution >= 0.6 is 0 Å². The van der Waals surface area contributed by atoms with Crippen molar-refractivity contribution in [2.75, 3.05) is 13.7 Å². The summed E-state index contributed by atoms with van der Waals surface area (Å²) in [5, 5.41) is 0. The molecule has 17 heavy (non-hydrogen) atoms. The van der Waals surface area contributed by atoms with E-state index in [1.165, 1.54) is 25.7 Å². The van der Waals surface area contributed by atoms with Gasteiger partial charge in [0.25, 0.3) is 0 Å². The molecule has 2 rings (SSSR count). The van der Waals surface area contributed by atoms with Gasteiger partial charge in [-0.2, -0.15) is 0 Å². The van der Waals surface area contributed by atoms with E-state index in [1.807, 2.05) is 18.2 Å². The zero-order chi connectivity index (χ0) is 12.1. The van der Waals surface area contributed by atoms with Crippen molar-refractivity contribution in [2.45, 2.75) is 32.2 Å². The minimum absolute atomic E-state index is 0.527. The van der Waals surface area contributed by atoms with Crippen molar-refractivity contribution in [2.24, 2.45) is 11.7 Å². The van der Waals surface area contributed by atoms with E-state index in [4.69, 9.17) is 15.2 Å². The lowest BCUT2D eigenvalue weighted by Gasteiger charge is -2.14. The van der Waals surface area contributed by atoms with E-state index >= 15 is 0 Å². The van der Waals surface area contributed by atoms with Gasteiger partial charge in [-0.25, -0.2) is 0 Å². The maximum Gasteiger partial charge on any atom is 0.161 e. The normalized spacial score (nSPS) is 16.1. The lowest BCUT2D eigenvalue weighted by molar-refractivity contribution is 0.240. The van der Waals surface area contributed by atoms with Crippen LogP contribution in [0, 0.1) is 5.92 Å². The molecule has 0 aliphatic heterocycles. The number of nitrogens with two attached hydrogens (primary N) is 1. The van der Waals surface area contributed by atoms with E-state index in [0.717, 1.165) is 23.7 Å². The Bertz CT molecular complexity index is 359. The summed E-state index contributed by atoms with van der Waals surface area (Å²) in [6, 6.07) is 5.90. The molecule has 1 aromatic carbocycles. The van der Waals surface area contributed by atoms with Crippen molar-refractivity contribution < 1.29 is 9.47 Å². The van der Waals surface area contributed by atoms with Gasteiger partial charge < -0.3 is 15.2 Å². The summed E-state index contributed by atoms with van der Waals surface area (Å²) in [5.74, 6) is 2.33. The van der Waals surface area contributed by atoms with E-state index in [9.17, 15) is 0 Å². The molecule has 0 amide bonds. The highest BCUT2D eigenvalue weighted by Crippen LogP contribution is 2.30. The van der Waals surface area contributed by atoms with Crippen molar-refractivity contribution >= 4 is 0 Å².